The molecule has 16 heavy (non-hydrogen) atoms. The van der Waals surface area contributed by atoms with Gasteiger partial charge < -0.3 is 0 Å². The monoisotopic (exact) mass is 214 g/mol. The Labute approximate surface area is 93.7 Å². The predicted molar refractivity (Wildman–Crippen MR) is 63.6 cm³/mol. The summed E-state index contributed by atoms with van der Waals surface area (Å²) >= 11 is 0. The van der Waals surface area contributed by atoms with Crippen LogP contribution in [0.3, 0.4) is 0 Å². The molecular weight excluding hydrogens is 200 g/mol. The van der Waals surface area contributed by atoms with E-state index in [1.165, 1.54) is 0 Å². The van der Waals surface area contributed by atoms with Gasteiger partial charge in [0.05, 0.1) is 10.9 Å². The van der Waals surface area contributed by atoms with Crippen LogP contribution in [0.4, 0.5) is 0 Å². The molecule has 0 radical (unpaired) electrons. The zero-order valence-corrected chi connectivity index (χ0v) is 9.53. The first kappa shape index (κ1) is 9.58. The molecule has 3 heteroatoms. The smallest absolute Gasteiger partial charge is 0.261 e. The maximum atomic E-state index is 12.4. The Bertz CT molecular complexity index is 625. The number of aromatic nitrogens is 2. The van der Waals surface area contributed by atoms with Crippen molar-refractivity contribution in [3.63, 3.8) is 0 Å². The average molecular weight is 214 g/mol. The highest BCUT2D eigenvalue weighted by Crippen LogP contribution is 2.29. The van der Waals surface area contributed by atoms with Crippen molar-refractivity contribution in [1.29, 1.82) is 0 Å². The Kier molecular flexibility index (Phi) is 1.76. The van der Waals surface area contributed by atoms with Gasteiger partial charge in [0, 0.05) is 12.0 Å². The van der Waals surface area contributed by atoms with Crippen LogP contribution in [0, 0.1) is 0 Å². The van der Waals surface area contributed by atoms with Gasteiger partial charge in [-0.1, -0.05) is 12.1 Å². The van der Waals surface area contributed by atoms with Gasteiger partial charge in [0.1, 0.15) is 5.82 Å². The van der Waals surface area contributed by atoms with Crippen LogP contribution in [0.25, 0.3) is 10.9 Å². The minimum atomic E-state index is -0.0938. The van der Waals surface area contributed by atoms with Gasteiger partial charge >= 0.3 is 0 Å². The van der Waals surface area contributed by atoms with Crippen LogP contribution in [0.2, 0.25) is 0 Å². The van der Waals surface area contributed by atoms with Gasteiger partial charge in [-0.15, -0.1) is 0 Å². The Morgan fingerprint density at radius 1 is 1.31 bits per heavy atom. The molecule has 3 nitrogen and oxygen atoms in total. The van der Waals surface area contributed by atoms with E-state index in [9.17, 15) is 4.79 Å². The van der Waals surface area contributed by atoms with Crippen LogP contribution in [0.5, 0.6) is 0 Å². The third kappa shape index (κ3) is 1.14. The van der Waals surface area contributed by atoms with Crippen LogP contribution in [0.15, 0.2) is 29.1 Å². The van der Waals surface area contributed by atoms with Gasteiger partial charge in [-0.25, -0.2) is 4.98 Å². The summed E-state index contributed by atoms with van der Waals surface area (Å²) < 4.78 is 1.86. The molecule has 0 fully saturated rings. The molecule has 82 valence electrons. The minimum Gasteiger partial charge on any atom is -0.290 e. The number of para-hydroxylation sites is 1. The van der Waals surface area contributed by atoms with Gasteiger partial charge in [-0.2, -0.15) is 0 Å². The second kappa shape index (κ2) is 2.94. The highest BCUT2D eigenvalue weighted by atomic mass is 16.1. The van der Waals surface area contributed by atoms with Gasteiger partial charge in [0.2, 0.25) is 0 Å². The molecule has 0 amide bonds. The first-order chi connectivity index (χ1) is 7.59. The van der Waals surface area contributed by atoms with Crippen molar-refractivity contribution in [3.05, 3.63) is 40.4 Å². The molecule has 2 aromatic rings. The van der Waals surface area contributed by atoms with Gasteiger partial charge in [0.15, 0.2) is 0 Å². The molecule has 3 rings (SSSR count). The molecule has 1 aliphatic rings. The summed E-state index contributed by atoms with van der Waals surface area (Å²) in [5, 5.41) is 0.723. The maximum absolute atomic E-state index is 12.4. The van der Waals surface area contributed by atoms with E-state index in [1.54, 1.807) is 0 Å². The van der Waals surface area contributed by atoms with Gasteiger partial charge in [-0.05, 0) is 32.4 Å². The quantitative estimate of drug-likeness (QED) is 0.673. The maximum Gasteiger partial charge on any atom is 0.261 e. The topological polar surface area (TPSA) is 34.9 Å². The van der Waals surface area contributed by atoms with Crippen molar-refractivity contribution in [1.82, 2.24) is 9.55 Å². The third-order valence-corrected chi connectivity index (χ3v) is 3.41. The molecule has 1 aromatic heterocycles. The largest absolute Gasteiger partial charge is 0.290 e. The Morgan fingerprint density at radius 2 is 2.06 bits per heavy atom. The molecule has 0 saturated heterocycles. The van der Waals surface area contributed by atoms with Crippen molar-refractivity contribution < 1.29 is 0 Å². The second-order valence-electron chi connectivity index (χ2n) is 5.00. The van der Waals surface area contributed by atoms with E-state index in [2.05, 4.69) is 18.8 Å². The highest BCUT2D eigenvalue weighted by molar-refractivity contribution is 5.77. The minimum absolute atomic E-state index is 0.0938. The number of nitrogens with zero attached hydrogens (tertiary/aromatic N) is 2. The number of benzene rings is 1. The number of fused-ring (bicyclic) bond motifs is 2. The summed E-state index contributed by atoms with van der Waals surface area (Å²) in [6.45, 7) is 4.20. The van der Waals surface area contributed by atoms with Crippen molar-refractivity contribution in [3.8, 4) is 0 Å². The average Bonchev–Trinajstić information content (AvgIpc) is 2.55. The molecule has 0 N–H and O–H groups in total. The molecule has 0 atom stereocenters. The van der Waals surface area contributed by atoms with Crippen LogP contribution >= 0.6 is 0 Å². The summed E-state index contributed by atoms with van der Waals surface area (Å²) in [5.41, 5.74) is 0.822. The van der Waals surface area contributed by atoms with Crippen LogP contribution in [-0.4, -0.2) is 9.55 Å². The molecule has 0 bridgehead atoms. The van der Waals surface area contributed by atoms with E-state index in [0.29, 0.717) is 0 Å². The van der Waals surface area contributed by atoms with E-state index >= 15 is 0 Å². The van der Waals surface area contributed by atoms with Crippen LogP contribution in [-0.2, 0) is 12.0 Å². The lowest BCUT2D eigenvalue weighted by atomic mass is 10.0. The van der Waals surface area contributed by atoms with Gasteiger partial charge in [0.25, 0.3) is 5.56 Å². The SMILES string of the molecule is CC1(C)CCc2nc3ccccc3c(=O)n21. The van der Waals surface area contributed by atoms with Crippen LogP contribution in [0.1, 0.15) is 26.1 Å². The van der Waals surface area contributed by atoms with E-state index in [-0.39, 0.29) is 11.1 Å². The van der Waals surface area contributed by atoms with Crippen molar-refractivity contribution in [2.24, 2.45) is 0 Å². The number of hydrogen-bond acceptors (Lipinski definition) is 2. The lowest BCUT2D eigenvalue weighted by molar-refractivity contribution is 0.366. The van der Waals surface area contributed by atoms with Crippen molar-refractivity contribution in [2.75, 3.05) is 0 Å². The summed E-state index contributed by atoms with van der Waals surface area (Å²) in [4.78, 5) is 16.9. The Morgan fingerprint density at radius 3 is 2.88 bits per heavy atom. The van der Waals surface area contributed by atoms with Crippen LogP contribution < -0.4 is 5.56 Å². The molecule has 0 saturated carbocycles. The van der Waals surface area contributed by atoms with E-state index in [1.807, 2.05) is 28.8 Å². The number of aryl methyl sites for hydroxylation is 1. The lowest BCUT2D eigenvalue weighted by Crippen LogP contribution is -2.33. The molecule has 0 aliphatic carbocycles. The highest BCUT2D eigenvalue weighted by Gasteiger charge is 2.31. The predicted octanol–water partition coefficient (Wildman–Crippen LogP) is 2.08. The van der Waals surface area contributed by atoms with Crippen molar-refractivity contribution >= 4 is 10.9 Å². The van der Waals surface area contributed by atoms with Crippen molar-refractivity contribution in [2.45, 2.75) is 32.2 Å². The summed E-state index contributed by atoms with van der Waals surface area (Å²) in [7, 11) is 0. The standard InChI is InChI=1S/C13H14N2O/c1-13(2)8-7-11-14-10-6-4-3-5-9(10)12(16)15(11)13/h3-6H,7-8H2,1-2H3. The first-order valence-corrected chi connectivity index (χ1v) is 5.61. The second-order valence-corrected chi connectivity index (χ2v) is 5.00. The van der Waals surface area contributed by atoms with Gasteiger partial charge in [-0.3, -0.25) is 9.36 Å². The third-order valence-electron chi connectivity index (χ3n) is 3.41. The van der Waals surface area contributed by atoms with E-state index in [0.717, 1.165) is 29.6 Å². The number of rotatable bonds is 0. The fourth-order valence-electron chi connectivity index (χ4n) is 2.50. The molecule has 1 aromatic carbocycles. The molecule has 1 aliphatic heterocycles. The van der Waals surface area contributed by atoms with E-state index < -0.39 is 0 Å². The fourth-order valence-corrected chi connectivity index (χ4v) is 2.50. The number of hydrogen-bond donors (Lipinski definition) is 0. The molecule has 0 unspecified atom stereocenters. The summed E-state index contributed by atoms with van der Waals surface area (Å²) in [6, 6.07) is 7.57. The zero-order valence-electron chi connectivity index (χ0n) is 9.53. The molecule has 0 spiro atoms. The summed E-state index contributed by atoms with van der Waals surface area (Å²) in [6.07, 6.45) is 1.89. The zero-order chi connectivity index (χ0) is 11.3. The lowest BCUT2D eigenvalue weighted by Gasteiger charge is -2.21. The molecular formula is C13H14N2O. The Balaban J connectivity index is 2.47. The van der Waals surface area contributed by atoms with E-state index in [4.69, 9.17) is 0 Å². The fraction of sp³-hybridized carbons (Fsp3) is 0.385. The first-order valence-electron chi connectivity index (χ1n) is 5.61. The molecule has 2 heterocycles. The normalized spacial score (nSPS) is 17.6. The summed E-state index contributed by atoms with van der Waals surface area (Å²) in [5.74, 6) is 0.925. The Hall–Kier alpha value is -1.64.